The molecule has 0 aliphatic rings. The number of hydrogen-bond acceptors (Lipinski definition) is 4. The van der Waals surface area contributed by atoms with E-state index in [1.165, 1.54) is 37.4 Å². The summed E-state index contributed by atoms with van der Waals surface area (Å²) in [4.78, 5) is 12.7. The minimum Gasteiger partial charge on any atom is -0.495 e. The second-order valence-electron chi connectivity index (χ2n) is 5.20. The summed E-state index contributed by atoms with van der Waals surface area (Å²) in [7, 11) is 1.39. The van der Waals surface area contributed by atoms with Crippen molar-refractivity contribution in [3.63, 3.8) is 0 Å². The number of rotatable bonds is 5. The topological polar surface area (TPSA) is 76.1 Å². The lowest BCUT2D eigenvalue weighted by Gasteiger charge is -2.14. The normalized spacial score (nSPS) is 11.7. The van der Waals surface area contributed by atoms with Crippen molar-refractivity contribution in [2.75, 3.05) is 7.11 Å². The van der Waals surface area contributed by atoms with E-state index in [0.717, 1.165) is 0 Å². The van der Waals surface area contributed by atoms with Gasteiger partial charge in [-0.05, 0) is 30.7 Å². The van der Waals surface area contributed by atoms with Crippen LogP contribution in [-0.2, 0) is 0 Å². The maximum absolute atomic E-state index is 14.8. The minimum atomic E-state index is -0.717. The Morgan fingerprint density at radius 2 is 2.12 bits per heavy atom. The summed E-state index contributed by atoms with van der Waals surface area (Å²) in [6.07, 6.45) is 0.525. The van der Waals surface area contributed by atoms with Crippen LogP contribution < -0.4 is 10.5 Å². The average Bonchev–Trinajstić information content (AvgIpc) is 2.60. The molecule has 1 atom stereocenters. The molecule has 4 nitrogen and oxygen atoms in total. The summed E-state index contributed by atoms with van der Waals surface area (Å²) in [5, 5.41) is 9.01. The number of nitrogens with two attached hydrogens (primary N) is 1. The van der Waals surface area contributed by atoms with E-state index < -0.39 is 17.6 Å². The van der Waals surface area contributed by atoms with E-state index in [0.29, 0.717) is 6.42 Å². The van der Waals surface area contributed by atoms with Gasteiger partial charge in [-0.1, -0.05) is 24.6 Å². The van der Waals surface area contributed by atoms with Gasteiger partial charge in [0, 0.05) is 17.2 Å². The molecule has 6 heteroatoms. The molecular formula is C18H16ClFN2O2. The molecule has 0 fully saturated rings. The van der Waals surface area contributed by atoms with Crippen LogP contribution in [0.4, 0.5) is 4.39 Å². The number of carbonyl (C=O) groups excluding carboxylic acids is 1. The van der Waals surface area contributed by atoms with Crippen LogP contribution in [0.5, 0.6) is 5.75 Å². The van der Waals surface area contributed by atoms with Gasteiger partial charge in [0.25, 0.3) is 0 Å². The second kappa shape index (κ2) is 7.43. The molecule has 2 aromatic carbocycles. The fraction of sp³-hybridized carbons (Fsp3) is 0.222. The van der Waals surface area contributed by atoms with Crippen LogP contribution in [0.1, 0.15) is 46.4 Å². The Kier molecular flexibility index (Phi) is 5.55. The number of ether oxygens (including phenoxy) is 1. The molecule has 2 rings (SSSR count). The Morgan fingerprint density at radius 3 is 2.71 bits per heavy atom. The summed E-state index contributed by atoms with van der Waals surface area (Å²) in [5.74, 6) is -1.07. The largest absolute Gasteiger partial charge is 0.495 e. The van der Waals surface area contributed by atoms with Crippen LogP contribution in [0.3, 0.4) is 0 Å². The van der Waals surface area contributed by atoms with Gasteiger partial charge in [-0.3, -0.25) is 4.79 Å². The van der Waals surface area contributed by atoms with E-state index in [1.54, 1.807) is 0 Å². The van der Waals surface area contributed by atoms with Gasteiger partial charge in [-0.2, -0.15) is 5.26 Å². The number of hydrogen-bond donors (Lipinski definition) is 1. The molecule has 0 aromatic heterocycles. The first-order valence-corrected chi connectivity index (χ1v) is 7.68. The molecule has 124 valence electrons. The molecule has 24 heavy (non-hydrogen) atoms. The number of halogens is 2. The van der Waals surface area contributed by atoms with E-state index in [-0.39, 0.29) is 33.0 Å². The maximum Gasteiger partial charge on any atom is 0.197 e. The molecule has 0 amide bonds. The lowest BCUT2D eigenvalue weighted by molar-refractivity contribution is 0.103. The van der Waals surface area contributed by atoms with Gasteiger partial charge in [0.15, 0.2) is 5.78 Å². The zero-order chi connectivity index (χ0) is 17.9. The highest BCUT2D eigenvalue weighted by Gasteiger charge is 2.23. The number of carbonyl (C=O) groups is 1. The van der Waals surface area contributed by atoms with Crippen molar-refractivity contribution < 1.29 is 13.9 Å². The molecule has 0 spiro atoms. The lowest BCUT2D eigenvalue weighted by Crippen LogP contribution is -2.15. The summed E-state index contributed by atoms with van der Waals surface area (Å²) >= 11 is 6.04. The van der Waals surface area contributed by atoms with E-state index in [9.17, 15) is 9.18 Å². The molecule has 0 saturated carbocycles. The van der Waals surface area contributed by atoms with Gasteiger partial charge < -0.3 is 10.5 Å². The van der Waals surface area contributed by atoms with Crippen molar-refractivity contribution in [2.24, 2.45) is 5.73 Å². The zero-order valence-electron chi connectivity index (χ0n) is 13.3. The van der Waals surface area contributed by atoms with Gasteiger partial charge in [0.05, 0.1) is 23.3 Å². The summed E-state index contributed by atoms with van der Waals surface area (Å²) in [6, 6.07) is 8.65. The van der Waals surface area contributed by atoms with Crippen molar-refractivity contribution >= 4 is 17.4 Å². The first-order chi connectivity index (χ1) is 11.4. The van der Waals surface area contributed by atoms with Crippen molar-refractivity contribution in [2.45, 2.75) is 19.4 Å². The standard InChI is InChI=1S/C18H16ClFN2O2/c1-3-14(22)12-6-7-13(19)16(17(12)20)18(23)10-4-5-11(9-21)15(8-10)24-2/h4-8,14H,3,22H2,1-2H3/t14-/m1/s1. The highest BCUT2D eigenvalue weighted by molar-refractivity contribution is 6.35. The summed E-state index contributed by atoms with van der Waals surface area (Å²) in [6.45, 7) is 1.83. The Bertz CT molecular complexity index is 830. The minimum absolute atomic E-state index is 0.00730. The monoisotopic (exact) mass is 346 g/mol. The fourth-order valence-electron chi connectivity index (χ4n) is 2.35. The highest BCUT2D eigenvalue weighted by atomic mass is 35.5. The Morgan fingerprint density at radius 1 is 1.42 bits per heavy atom. The molecule has 2 N–H and O–H groups in total. The van der Waals surface area contributed by atoms with Gasteiger partial charge in [-0.15, -0.1) is 0 Å². The SMILES string of the molecule is CC[C@@H](N)c1ccc(Cl)c(C(=O)c2ccc(C#N)c(OC)c2)c1F. The number of ketones is 1. The molecule has 0 aliphatic carbocycles. The molecule has 0 radical (unpaired) electrons. The first-order valence-electron chi connectivity index (χ1n) is 7.30. The zero-order valence-corrected chi connectivity index (χ0v) is 14.0. The van der Waals surface area contributed by atoms with E-state index in [2.05, 4.69) is 0 Å². The highest BCUT2D eigenvalue weighted by Crippen LogP contribution is 2.30. The van der Waals surface area contributed by atoms with Crippen molar-refractivity contribution in [3.8, 4) is 11.8 Å². The summed E-state index contributed by atoms with van der Waals surface area (Å²) < 4.78 is 19.8. The third kappa shape index (κ3) is 3.25. The number of benzene rings is 2. The van der Waals surface area contributed by atoms with Crippen molar-refractivity contribution in [1.29, 1.82) is 5.26 Å². The number of nitriles is 1. The molecule has 0 unspecified atom stereocenters. The summed E-state index contributed by atoms with van der Waals surface area (Å²) in [5.41, 5.74) is 6.35. The quantitative estimate of drug-likeness (QED) is 0.830. The van der Waals surface area contributed by atoms with Crippen molar-refractivity contribution in [3.05, 3.63) is 63.4 Å². The van der Waals surface area contributed by atoms with Crippen LogP contribution >= 0.6 is 11.6 Å². The predicted octanol–water partition coefficient (Wildman–Crippen LogP) is 4.00. The van der Waals surface area contributed by atoms with Gasteiger partial charge in [0.2, 0.25) is 0 Å². The van der Waals surface area contributed by atoms with E-state index in [1.807, 2.05) is 13.0 Å². The maximum atomic E-state index is 14.8. The second-order valence-corrected chi connectivity index (χ2v) is 5.60. The smallest absolute Gasteiger partial charge is 0.197 e. The van der Waals surface area contributed by atoms with Crippen LogP contribution in [0.15, 0.2) is 30.3 Å². The third-order valence-corrected chi connectivity index (χ3v) is 4.09. The van der Waals surface area contributed by atoms with Crippen LogP contribution in [-0.4, -0.2) is 12.9 Å². The van der Waals surface area contributed by atoms with Gasteiger partial charge in [-0.25, -0.2) is 4.39 Å². The van der Waals surface area contributed by atoms with Crippen LogP contribution in [0.25, 0.3) is 0 Å². The number of nitrogens with zero attached hydrogens (tertiary/aromatic N) is 1. The lowest BCUT2D eigenvalue weighted by atomic mass is 9.96. The molecule has 0 heterocycles. The van der Waals surface area contributed by atoms with Crippen molar-refractivity contribution in [1.82, 2.24) is 0 Å². The Hall–Kier alpha value is -2.42. The van der Waals surface area contributed by atoms with Gasteiger partial charge >= 0.3 is 0 Å². The number of methoxy groups -OCH3 is 1. The molecule has 0 bridgehead atoms. The third-order valence-electron chi connectivity index (χ3n) is 3.77. The van der Waals surface area contributed by atoms with E-state index >= 15 is 0 Å². The Labute approximate surface area is 144 Å². The average molecular weight is 347 g/mol. The van der Waals surface area contributed by atoms with E-state index in [4.69, 9.17) is 27.3 Å². The Balaban J connectivity index is 2.56. The fourth-order valence-corrected chi connectivity index (χ4v) is 2.58. The van der Waals surface area contributed by atoms with Gasteiger partial charge in [0.1, 0.15) is 17.6 Å². The van der Waals surface area contributed by atoms with Crippen LogP contribution in [0, 0.1) is 17.1 Å². The molecular weight excluding hydrogens is 331 g/mol. The first kappa shape index (κ1) is 17.9. The molecule has 2 aromatic rings. The molecule has 0 aliphatic heterocycles. The predicted molar refractivity (Wildman–Crippen MR) is 89.8 cm³/mol. The van der Waals surface area contributed by atoms with Crippen LogP contribution in [0.2, 0.25) is 5.02 Å². The molecule has 0 saturated heterocycles.